The van der Waals surface area contributed by atoms with E-state index in [-0.39, 0.29) is 11.7 Å². The van der Waals surface area contributed by atoms with Gasteiger partial charge in [-0.25, -0.2) is 8.78 Å². The normalized spacial score (nSPS) is 11.4. The van der Waals surface area contributed by atoms with Crippen LogP contribution in [0.15, 0.2) is 72.8 Å². The van der Waals surface area contributed by atoms with Crippen LogP contribution >= 0.6 is 0 Å². The lowest BCUT2D eigenvalue weighted by Gasteiger charge is -2.16. The summed E-state index contributed by atoms with van der Waals surface area (Å²) in [6.45, 7) is 1.30. The number of ether oxygens (including phenoxy) is 1. The Bertz CT molecular complexity index is 1040. The van der Waals surface area contributed by atoms with Crippen LogP contribution in [-0.4, -0.2) is 18.4 Å². The zero-order valence-electron chi connectivity index (χ0n) is 16.2. The maximum Gasteiger partial charge on any atom is 0.258 e. The third kappa shape index (κ3) is 5.64. The van der Waals surface area contributed by atoms with E-state index in [1.165, 1.54) is 0 Å². The van der Waals surface area contributed by atoms with Crippen molar-refractivity contribution in [2.75, 3.05) is 11.9 Å². The fraction of sp³-hybridized carbons (Fsp3) is 0.130. The highest BCUT2D eigenvalue weighted by atomic mass is 19.1. The van der Waals surface area contributed by atoms with Gasteiger partial charge in [-0.2, -0.15) is 0 Å². The molecule has 30 heavy (non-hydrogen) atoms. The molecule has 5 nitrogen and oxygen atoms in total. The van der Waals surface area contributed by atoms with Crippen molar-refractivity contribution in [3.8, 4) is 5.75 Å². The summed E-state index contributed by atoms with van der Waals surface area (Å²) in [5, 5.41) is 5.53. The summed E-state index contributed by atoms with van der Waals surface area (Å²) in [7, 11) is 0. The molecule has 3 aromatic carbocycles. The van der Waals surface area contributed by atoms with Crippen LogP contribution in [0.2, 0.25) is 0 Å². The Morgan fingerprint density at radius 2 is 1.73 bits per heavy atom. The van der Waals surface area contributed by atoms with Gasteiger partial charge in [-0.1, -0.05) is 30.3 Å². The highest BCUT2D eigenvalue weighted by Crippen LogP contribution is 2.19. The SMILES string of the molecule is CC(NC(=O)COc1cc(F)ccc1F)c1cccc(NC(=O)c2ccccc2)c1. The lowest BCUT2D eigenvalue weighted by Crippen LogP contribution is -2.31. The Morgan fingerprint density at radius 3 is 2.50 bits per heavy atom. The number of amides is 2. The molecular weight excluding hydrogens is 390 g/mol. The predicted molar refractivity (Wildman–Crippen MR) is 109 cm³/mol. The van der Waals surface area contributed by atoms with Crippen molar-refractivity contribution < 1.29 is 23.1 Å². The summed E-state index contributed by atoms with van der Waals surface area (Å²) in [5.74, 6) is -2.48. The molecule has 3 rings (SSSR count). The molecule has 0 bridgehead atoms. The van der Waals surface area contributed by atoms with Crippen molar-refractivity contribution in [2.45, 2.75) is 13.0 Å². The Morgan fingerprint density at radius 1 is 0.967 bits per heavy atom. The smallest absolute Gasteiger partial charge is 0.258 e. The highest BCUT2D eigenvalue weighted by Gasteiger charge is 2.13. The average Bonchev–Trinajstić information content (AvgIpc) is 2.75. The van der Waals surface area contributed by atoms with Crippen molar-refractivity contribution in [2.24, 2.45) is 0 Å². The quantitative estimate of drug-likeness (QED) is 0.604. The monoisotopic (exact) mass is 410 g/mol. The minimum atomic E-state index is -0.751. The highest BCUT2D eigenvalue weighted by molar-refractivity contribution is 6.04. The first-order chi connectivity index (χ1) is 14.4. The Balaban J connectivity index is 1.58. The van der Waals surface area contributed by atoms with E-state index in [2.05, 4.69) is 10.6 Å². The zero-order valence-corrected chi connectivity index (χ0v) is 16.2. The summed E-state index contributed by atoms with van der Waals surface area (Å²) in [6.07, 6.45) is 0. The van der Waals surface area contributed by atoms with Crippen LogP contribution in [0.1, 0.15) is 28.9 Å². The second-order valence-electron chi connectivity index (χ2n) is 6.60. The van der Waals surface area contributed by atoms with Gasteiger partial charge in [0.05, 0.1) is 6.04 Å². The van der Waals surface area contributed by atoms with E-state index >= 15 is 0 Å². The zero-order chi connectivity index (χ0) is 21.5. The molecule has 0 radical (unpaired) electrons. The van der Waals surface area contributed by atoms with Crippen molar-refractivity contribution in [1.29, 1.82) is 0 Å². The van der Waals surface area contributed by atoms with Crippen molar-refractivity contribution >= 4 is 17.5 Å². The van der Waals surface area contributed by atoms with Crippen LogP contribution in [-0.2, 0) is 4.79 Å². The standard InChI is InChI=1S/C23H20F2N2O3/c1-15(26-22(28)14-30-21-13-18(24)10-11-20(21)25)17-8-5-9-19(12-17)27-23(29)16-6-3-2-4-7-16/h2-13,15H,14H2,1H3,(H,26,28)(H,27,29). The van der Waals surface area contributed by atoms with Crippen LogP contribution in [0, 0.1) is 11.6 Å². The van der Waals surface area contributed by atoms with E-state index in [0.717, 1.165) is 23.8 Å². The molecule has 0 fully saturated rings. The molecule has 154 valence electrons. The molecule has 2 amide bonds. The minimum absolute atomic E-state index is 0.241. The van der Waals surface area contributed by atoms with E-state index in [4.69, 9.17) is 4.74 Å². The fourth-order valence-electron chi connectivity index (χ4n) is 2.78. The maximum atomic E-state index is 13.6. The lowest BCUT2D eigenvalue weighted by molar-refractivity contribution is -0.123. The molecule has 7 heteroatoms. The molecule has 0 aliphatic heterocycles. The number of halogens is 2. The summed E-state index contributed by atoms with van der Waals surface area (Å²) in [5.41, 5.74) is 1.87. The first-order valence-corrected chi connectivity index (χ1v) is 9.26. The van der Waals surface area contributed by atoms with Gasteiger partial charge in [-0.15, -0.1) is 0 Å². The van der Waals surface area contributed by atoms with Gasteiger partial charge in [-0.05, 0) is 48.9 Å². The molecule has 0 saturated carbocycles. The largest absolute Gasteiger partial charge is 0.481 e. The number of nitrogens with one attached hydrogen (secondary N) is 2. The van der Waals surface area contributed by atoms with Gasteiger partial charge in [0.1, 0.15) is 5.82 Å². The molecule has 0 heterocycles. The average molecular weight is 410 g/mol. The second-order valence-corrected chi connectivity index (χ2v) is 6.60. The van der Waals surface area contributed by atoms with Crippen LogP contribution in [0.3, 0.4) is 0 Å². The summed E-state index contributed by atoms with van der Waals surface area (Å²) in [6, 6.07) is 18.2. The van der Waals surface area contributed by atoms with Gasteiger partial charge in [0, 0.05) is 17.3 Å². The van der Waals surface area contributed by atoms with Crippen molar-refractivity contribution in [3.05, 3.63) is 95.6 Å². The molecule has 0 aliphatic rings. The third-order valence-electron chi connectivity index (χ3n) is 4.31. The topological polar surface area (TPSA) is 67.4 Å². The maximum absolute atomic E-state index is 13.6. The summed E-state index contributed by atoms with van der Waals surface area (Å²) in [4.78, 5) is 24.4. The molecule has 1 atom stereocenters. The molecule has 2 N–H and O–H groups in total. The Hall–Kier alpha value is -3.74. The molecule has 0 spiro atoms. The first kappa shape index (κ1) is 21.0. The number of carbonyl (C=O) groups is 2. The number of carbonyl (C=O) groups excluding carboxylic acids is 2. The van der Waals surface area contributed by atoms with Gasteiger partial charge in [0.15, 0.2) is 18.2 Å². The fourth-order valence-corrected chi connectivity index (χ4v) is 2.78. The minimum Gasteiger partial charge on any atom is -0.481 e. The second kappa shape index (κ2) is 9.65. The molecule has 0 saturated heterocycles. The molecule has 1 unspecified atom stereocenters. The number of hydrogen-bond donors (Lipinski definition) is 2. The van der Waals surface area contributed by atoms with E-state index in [1.54, 1.807) is 55.5 Å². The number of hydrogen-bond acceptors (Lipinski definition) is 3. The predicted octanol–water partition coefficient (Wildman–Crippen LogP) is 4.47. The molecule has 0 aromatic heterocycles. The molecule has 0 aliphatic carbocycles. The first-order valence-electron chi connectivity index (χ1n) is 9.26. The van der Waals surface area contributed by atoms with E-state index in [1.807, 2.05) is 6.07 Å². The Labute approximate surface area is 172 Å². The molecular formula is C23H20F2N2O3. The summed E-state index contributed by atoms with van der Waals surface area (Å²) >= 11 is 0. The van der Waals surface area contributed by atoms with Crippen LogP contribution in [0.4, 0.5) is 14.5 Å². The van der Waals surface area contributed by atoms with Crippen LogP contribution in [0.25, 0.3) is 0 Å². The summed E-state index contributed by atoms with van der Waals surface area (Å²) < 4.78 is 31.8. The molecule has 3 aromatic rings. The van der Waals surface area contributed by atoms with Crippen molar-refractivity contribution in [3.63, 3.8) is 0 Å². The van der Waals surface area contributed by atoms with Crippen LogP contribution < -0.4 is 15.4 Å². The van der Waals surface area contributed by atoms with Gasteiger partial charge < -0.3 is 15.4 Å². The third-order valence-corrected chi connectivity index (χ3v) is 4.31. The van der Waals surface area contributed by atoms with Crippen molar-refractivity contribution in [1.82, 2.24) is 5.32 Å². The Kier molecular flexibility index (Phi) is 6.75. The van der Waals surface area contributed by atoms with E-state index < -0.39 is 30.2 Å². The lowest BCUT2D eigenvalue weighted by atomic mass is 10.1. The van der Waals surface area contributed by atoms with E-state index in [9.17, 15) is 18.4 Å². The number of benzene rings is 3. The number of rotatable bonds is 7. The van der Waals surface area contributed by atoms with E-state index in [0.29, 0.717) is 11.3 Å². The number of anilines is 1. The van der Waals surface area contributed by atoms with Gasteiger partial charge in [-0.3, -0.25) is 9.59 Å². The van der Waals surface area contributed by atoms with Gasteiger partial charge in [0.25, 0.3) is 11.8 Å². The van der Waals surface area contributed by atoms with Crippen LogP contribution in [0.5, 0.6) is 5.75 Å². The van der Waals surface area contributed by atoms with Gasteiger partial charge in [0.2, 0.25) is 0 Å². The van der Waals surface area contributed by atoms with Gasteiger partial charge >= 0.3 is 0 Å².